The molecule has 3 aromatic rings. The first-order chi connectivity index (χ1) is 9.70. The van der Waals surface area contributed by atoms with Gasteiger partial charge >= 0.3 is 0 Å². The summed E-state index contributed by atoms with van der Waals surface area (Å²) in [6.45, 7) is 0. The molecule has 3 heteroatoms. The maximum absolute atomic E-state index is 14.1. The molecule has 0 aliphatic heterocycles. The maximum Gasteiger partial charge on any atom is 0.150 e. The summed E-state index contributed by atoms with van der Waals surface area (Å²) < 4.78 is 14.1. The number of aldehydes is 1. The van der Waals surface area contributed by atoms with Crippen LogP contribution in [0.1, 0.15) is 10.4 Å². The van der Waals surface area contributed by atoms with Crippen molar-refractivity contribution in [2.75, 3.05) is 0 Å². The number of hydrogen-bond donors (Lipinski definition) is 0. The number of hydrogen-bond acceptors (Lipinski definition) is 1. The van der Waals surface area contributed by atoms with Crippen molar-refractivity contribution in [3.63, 3.8) is 0 Å². The monoisotopic (exact) mass is 284 g/mol. The second-order valence-electron chi connectivity index (χ2n) is 4.50. The first-order valence-electron chi connectivity index (χ1n) is 6.13. The van der Waals surface area contributed by atoms with E-state index >= 15 is 0 Å². The Balaban J connectivity index is 2.35. The van der Waals surface area contributed by atoms with Gasteiger partial charge in [0, 0.05) is 21.5 Å². The molecular formula is C17H10ClFO. The fourth-order valence-electron chi connectivity index (χ4n) is 2.32. The lowest BCUT2D eigenvalue weighted by atomic mass is 9.96. The zero-order valence-corrected chi connectivity index (χ0v) is 11.2. The topological polar surface area (TPSA) is 17.1 Å². The van der Waals surface area contributed by atoms with E-state index in [1.54, 1.807) is 18.2 Å². The number of rotatable bonds is 2. The summed E-state index contributed by atoms with van der Waals surface area (Å²) in [6, 6.07) is 15.4. The van der Waals surface area contributed by atoms with Crippen LogP contribution in [0.5, 0.6) is 0 Å². The molecule has 1 nitrogen and oxygen atoms in total. The average Bonchev–Trinajstić information content (AvgIpc) is 2.49. The Labute approximate surface area is 120 Å². The molecule has 0 unspecified atom stereocenters. The molecule has 98 valence electrons. The van der Waals surface area contributed by atoms with Gasteiger partial charge in [-0.1, -0.05) is 41.9 Å². The number of carbonyl (C=O) groups is 1. The lowest BCUT2D eigenvalue weighted by molar-refractivity contribution is 0.112. The minimum Gasteiger partial charge on any atom is -0.298 e. The van der Waals surface area contributed by atoms with Crippen molar-refractivity contribution >= 4 is 28.7 Å². The third-order valence-corrected chi connectivity index (χ3v) is 3.62. The lowest BCUT2D eigenvalue weighted by Gasteiger charge is -2.10. The van der Waals surface area contributed by atoms with Gasteiger partial charge in [0.15, 0.2) is 0 Å². The van der Waals surface area contributed by atoms with Crippen LogP contribution in [-0.4, -0.2) is 6.29 Å². The van der Waals surface area contributed by atoms with Crippen LogP contribution in [0.15, 0.2) is 54.6 Å². The van der Waals surface area contributed by atoms with Gasteiger partial charge in [-0.3, -0.25) is 4.79 Å². The van der Waals surface area contributed by atoms with Crippen LogP contribution in [0.3, 0.4) is 0 Å². The van der Waals surface area contributed by atoms with Gasteiger partial charge in [-0.25, -0.2) is 4.39 Å². The molecule has 3 aromatic carbocycles. The van der Waals surface area contributed by atoms with E-state index in [2.05, 4.69) is 0 Å². The minimum absolute atomic E-state index is 0.358. The highest BCUT2D eigenvalue weighted by molar-refractivity contribution is 6.36. The number of fused-ring (bicyclic) bond motifs is 1. The predicted molar refractivity (Wildman–Crippen MR) is 79.7 cm³/mol. The fraction of sp³-hybridized carbons (Fsp3) is 0. The molecule has 0 heterocycles. The smallest absolute Gasteiger partial charge is 0.150 e. The highest BCUT2D eigenvalue weighted by Crippen LogP contribution is 2.34. The van der Waals surface area contributed by atoms with Crippen molar-refractivity contribution < 1.29 is 9.18 Å². The van der Waals surface area contributed by atoms with Gasteiger partial charge in [0.05, 0.1) is 0 Å². The third-order valence-electron chi connectivity index (χ3n) is 3.29. The summed E-state index contributed by atoms with van der Waals surface area (Å²) in [7, 11) is 0. The van der Waals surface area contributed by atoms with E-state index in [1.165, 1.54) is 12.1 Å². The van der Waals surface area contributed by atoms with E-state index in [0.717, 1.165) is 16.3 Å². The quantitative estimate of drug-likeness (QED) is 0.598. The molecule has 20 heavy (non-hydrogen) atoms. The van der Waals surface area contributed by atoms with E-state index < -0.39 is 0 Å². The summed E-state index contributed by atoms with van der Waals surface area (Å²) in [6.07, 6.45) is 0.709. The van der Waals surface area contributed by atoms with Crippen molar-refractivity contribution in [1.82, 2.24) is 0 Å². The Morgan fingerprint density at radius 2 is 1.65 bits per heavy atom. The van der Waals surface area contributed by atoms with Crippen molar-refractivity contribution in [2.45, 2.75) is 0 Å². The zero-order valence-electron chi connectivity index (χ0n) is 10.4. The van der Waals surface area contributed by atoms with Crippen LogP contribution >= 0.6 is 11.6 Å². The minimum atomic E-state index is -0.358. The largest absolute Gasteiger partial charge is 0.298 e. The highest BCUT2D eigenvalue weighted by Gasteiger charge is 2.11. The van der Waals surface area contributed by atoms with Crippen LogP contribution in [0.4, 0.5) is 4.39 Å². The van der Waals surface area contributed by atoms with Crippen LogP contribution < -0.4 is 0 Å². The van der Waals surface area contributed by atoms with Crippen LogP contribution in [0.25, 0.3) is 21.9 Å². The van der Waals surface area contributed by atoms with Crippen molar-refractivity contribution in [3.8, 4) is 11.1 Å². The molecule has 0 spiro atoms. The standard InChI is InChI=1S/C17H10ClFO/c18-16-7-6-13(12-3-1-2-4-14(12)16)15-9-11(10-20)5-8-17(15)19/h1-10H. The molecule has 3 rings (SSSR count). The fourth-order valence-corrected chi connectivity index (χ4v) is 2.55. The summed E-state index contributed by atoms with van der Waals surface area (Å²) in [5.74, 6) is -0.358. The van der Waals surface area contributed by atoms with Gasteiger partial charge in [0.25, 0.3) is 0 Å². The lowest BCUT2D eigenvalue weighted by Crippen LogP contribution is -1.89. The van der Waals surface area contributed by atoms with Crippen molar-refractivity contribution in [1.29, 1.82) is 0 Å². The first kappa shape index (κ1) is 12.8. The Hall–Kier alpha value is -2.19. The summed E-state index contributed by atoms with van der Waals surface area (Å²) >= 11 is 6.16. The van der Waals surface area contributed by atoms with Gasteiger partial charge < -0.3 is 0 Å². The molecule has 0 aromatic heterocycles. The molecule has 0 aliphatic rings. The summed E-state index contributed by atoms with van der Waals surface area (Å²) in [4.78, 5) is 10.9. The molecular weight excluding hydrogens is 275 g/mol. The normalized spacial score (nSPS) is 10.7. The van der Waals surface area contributed by atoms with Gasteiger partial charge in [0.1, 0.15) is 12.1 Å². The molecule has 0 bridgehead atoms. The van der Waals surface area contributed by atoms with E-state index in [1.807, 2.05) is 24.3 Å². The molecule has 0 N–H and O–H groups in total. The Morgan fingerprint density at radius 1 is 0.900 bits per heavy atom. The average molecular weight is 285 g/mol. The van der Waals surface area contributed by atoms with Gasteiger partial charge in [-0.2, -0.15) is 0 Å². The van der Waals surface area contributed by atoms with E-state index in [9.17, 15) is 9.18 Å². The Bertz CT molecular complexity index is 811. The van der Waals surface area contributed by atoms with E-state index in [4.69, 9.17) is 11.6 Å². The van der Waals surface area contributed by atoms with E-state index in [-0.39, 0.29) is 5.82 Å². The molecule has 0 saturated carbocycles. The summed E-state index contributed by atoms with van der Waals surface area (Å²) in [5, 5.41) is 2.35. The number of benzene rings is 3. The van der Waals surface area contributed by atoms with Gasteiger partial charge in [0.2, 0.25) is 0 Å². The van der Waals surface area contributed by atoms with Gasteiger partial charge in [-0.05, 0) is 35.2 Å². The molecule has 0 fully saturated rings. The second-order valence-corrected chi connectivity index (χ2v) is 4.90. The van der Waals surface area contributed by atoms with Crippen molar-refractivity contribution in [3.05, 3.63) is 71.0 Å². The molecule has 0 aliphatic carbocycles. The van der Waals surface area contributed by atoms with Crippen LogP contribution in [0.2, 0.25) is 5.02 Å². The summed E-state index contributed by atoms with van der Waals surface area (Å²) in [5.41, 5.74) is 1.58. The molecule has 0 radical (unpaired) electrons. The number of carbonyl (C=O) groups excluding carboxylic acids is 1. The second kappa shape index (κ2) is 5.06. The van der Waals surface area contributed by atoms with Crippen molar-refractivity contribution in [2.24, 2.45) is 0 Å². The Morgan fingerprint density at radius 3 is 2.40 bits per heavy atom. The Kier molecular flexibility index (Phi) is 3.25. The number of halogens is 2. The zero-order chi connectivity index (χ0) is 14.1. The molecule has 0 saturated heterocycles. The first-order valence-corrected chi connectivity index (χ1v) is 6.51. The SMILES string of the molecule is O=Cc1ccc(F)c(-c2ccc(Cl)c3ccccc23)c1. The van der Waals surface area contributed by atoms with Gasteiger partial charge in [-0.15, -0.1) is 0 Å². The molecule has 0 atom stereocenters. The predicted octanol–water partition coefficient (Wildman–Crippen LogP) is 5.11. The van der Waals surface area contributed by atoms with E-state index in [0.29, 0.717) is 22.4 Å². The maximum atomic E-state index is 14.1. The molecule has 0 amide bonds. The third kappa shape index (κ3) is 2.08. The van der Waals surface area contributed by atoms with Crippen LogP contribution in [0, 0.1) is 5.82 Å². The van der Waals surface area contributed by atoms with Crippen LogP contribution in [-0.2, 0) is 0 Å². The highest BCUT2D eigenvalue weighted by atomic mass is 35.5.